The highest BCUT2D eigenvalue weighted by atomic mass is 16.5. The predicted molar refractivity (Wildman–Crippen MR) is 71.6 cm³/mol. The molecule has 0 amide bonds. The smallest absolute Gasteiger partial charge is 0.203 e. The minimum absolute atomic E-state index is 0.257. The minimum Gasteiger partial charge on any atom is -0.493 e. The number of hydrogen-bond acceptors (Lipinski definition) is 5. The maximum Gasteiger partial charge on any atom is 0.203 e. The highest BCUT2D eigenvalue weighted by Gasteiger charge is 2.12. The number of hydrogen-bond donors (Lipinski definition) is 0. The molecule has 5 heteroatoms. The van der Waals surface area contributed by atoms with Crippen molar-refractivity contribution >= 4 is 6.08 Å². The van der Waals surface area contributed by atoms with Crippen LogP contribution >= 0.6 is 0 Å². The van der Waals surface area contributed by atoms with Crippen molar-refractivity contribution in [3.05, 3.63) is 23.3 Å². The molecule has 0 aromatic heterocycles. The number of methoxy groups -OCH3 is 4. The van der Waals surface area contributed by atoms with E-state index in [1.165, 1.54) is 0 Å². The average molecular weight is 263 g/mol. The largest absolute Gasteiger partial charge is 0.493 e. The molecule has 0 aliphatic carbocycles. The van der Waals surface area contributed by atoms with Crippen molar-refractivity contribution in [1.82, 2.24) is 0 Å². The number of nitriles is 1. The van der Waals surface area contributed by atoms with E-state index in [1.807, 2.05) is 0 Å². The molecule has 19 heavy (non-hydrogen) atoms. The Morgan fingerprint density at radius 3 is 2.05 bits per heavy atom. The molecular weight excluding hydrogens is 246 g/mol. The van der Waals surface area contributed by atoms with Gasteiger partial charge in [0.25, 0.3) is 0 Å². The predicted octanol–water partition coefficient (Wildman–Crippen LogP) is 2.27. The van der Waals surface area contributed by atoms with Crippen molar-refractivity contribution in [1.29, 1.82) is 5.26 Å². The summed E-state index contributed by atoms with van der Waals surface area (Å²) in [7, 11) is 6.18. The molecule has 0 radical (unpaired) electrons. The van der Waals surface area contributed by atoms with E-state index in [1.54, 1.807) is 46.6 Å². The van der Waals surface area contributed by atoms with Gasteiger partial charge in [-0.1, -0.05) is 0 Å². The molecule has 0 heterocycles. The van der Waals surface area contributed by atoms with Gasteiger partial charge in [-0.3, -0.25) is 0 Å². The number of nitrogens with zero attached hydrogens (tertiary/aromatic N) is 1. The fraction of sp³-hybridized carbons (Fsp3) is 0.357. The van der Waals surface area contributed by atoms with Gasteiger partial charge in [0.05, 0.1) is 39.6 Å². The van der Waals surface area contributed by atoms with Crippen molar-refractivity contribution in [2.75, 3.05) is 35.0 Å². The molecule has 0 unspecified atom stereocenters. The van der Waals surface area contributed by atoms with Crippen LogP contribution in [0.2, 0.25) is 0 Å². The van der Waals surface area contributed by atoms with E-state index in [9.17, 15) is 0 Å². The van der Waals surface area contributed by atoms with E-state index >= 15 is 0 Å². The standard InChI is InChI=1S/C14H17NO4/c1-16-9-11(8-15)5-10-6-12(17-2)14(19-4)13(7-10)18-3/h5-7H,9H2,1-4H3. The summed E-state index contributed by atoms with van der Waals surface area (Å²) in [5, 5.41) is 8.99. The Morgan fingerprint density at radius 2 is 1.68 bits per heavy atom. The van der Waals surface area contributed by atoms with Crippen molar-refractivity contribution < 1.29 is 18.9 Å². The van der Waals surface area contributed by atoms with E-state index in [-0.39, 0.29) is 6.61 Å². The second-order valence-electron chi connectivity index (χ2n) is 3.67. The van der Waals surface area contributed by atoms with Crippen molar-refractivity contribution in [2.45, 2.75) is 0 Å². The van der Waals surface area contributed by atoms with Gasteiger partial charge in [-0.2, -0.15) is 5.26 Å². The molecule has 0 aliphatic rings. The van der Waals surface area contributed by atoms with Crippen LogP contribution in [0.3, 0.4) is 0 Å². The van der Waals surface area contributed by atoms with Gasteiger partial charge in [0.1, 0.15) is 0 Å². The van der Waals surface area contributed by atoms with E-state index in [4.69, 9.17) is 24.2 Å². The van der Waals surface area contributed by atoms with Gasteiger partial charge in [0, 0.05) is 7.11 Å². The van der Waals surface area contributed by atoms with E-state index < -0.39 is 0 Å². The summed E-state index contributed by atoms with van der Waals surface area (Å²) < 4.78 is 20.7. The summed E-state index contributed by atoms with van der Waals surface area (Å²) in [6.07, 6.45) is 1.72. The van der Waals surface area contributed by atoms with Crippen LogP contribution in [0, 0.1) is 11.3 Å². The Balaban J connectivity index is 3.27. The first kappa shape index (κ1) is 14.9. The Labute approximate surface area is 113 Å². The molecule has 0 spiro atoms. The third kappa shape index (κ3) is 3.63. The van der Waals surface area contributed by atoms with Crippen molar-refractivity contribution in [2.24, 2.45) is 0 Å². The fourth-order valence-corrected chi connectivity index (χ4v) is 1.65. The molecule has 1 aromatic carbocycles. The zero-order chi connectivity index (χ0) is 14.3. The number of rotatable bonds is 6. The monoisotopic (exact) mass is 263 g/mol. The molecule has 102 valence electrons. The van der Waals surface area contributed by atoms with Crippen LogP contribution in [0.1, 0.15) is 5.56 Å². The summed E-state index contributed by atoms with van der Waals surface area (Å²) in [5.74, 6) is 1.61. The third-order valence-electron chi connectivity index (χ3n) is 2.47. The van der Waals surface area contributed by atoms with Crippen LogP contribution in [-0.4, -0.2) is 35.0 Å². The molecule has 1 rings (SSSR count). The first-order valence-corrected chi connectivity index (χ1v) is 5.59. The van der Waals surface area contributed by atoms with E-state index in [0.717, 1.165) is 5.56 Å². The lowest BCUT2D eigenvalue weighted by molar-refractivity contribution is 0.229. The Bertz CT molecular complexity index is 478. The summed E-state index contributed by atoms with van der Waals surface area (Å²) in [4.78, 5) is 0. The van der Waals surface area contributed by atoms with Crippen LogP contribution in [0.5, 0.6) is 17.2 Å². The number of ether oxygens (including phenoxy) is 4. The van der Waals surface area contributed by atoms with Gasteiger partial charge in [-0.05, 0) is 23.8 Å². The second-order valence-corrected chi connectivity index (χ2v) is 3.67. The molecule has 0 aliphatic heterocycles. The van der Waals surface area contributed by atoms with Gasteiger partial charge < -0.3 is 18.9 Å². The zero-order valence-electron chi connectivity index (χ0n) is 11.5. The maximum absolute atomic E-state index is 8.99. The molecule has 5 nitrogen and oxygen atoms in total. The highest BCUT2D eigenvalue weighted by Crippen LogP contribution is 2.38. The molecule has 1 aromatic rings. The van der Waals surface area contributed by atoms with Gasteiger partial charge in [0.15, 0.2) is 11.5 Å². The summed E-state index contributed by atoms with van der Waals surface area (Å²) >= 11 is 0. The molecule has 0 saturated heterocycles. The van der Waals surface area contributed by atoms with Gasteiger partial charge >= 0.3 is 0 Å². The fourth-order valence-electron chi connectivity index (χ4n) is 1.65. The van der Waals surface area contributed by atoms with E-state index in [2.05, 4.69) is 6.07 Å². The topological polar surface area (TPSA) is 60.7 Å². The normalized spacial score (nSPS) is 10.8. The van der Waals surface area contributed by atoms with Crippen molar-refractivity contribution in [3.8, 4) is 23.3 Å². The highest BCUT2D eigenvalue weighted by molar-refractivity contribution is 5.65. The van der Waals surface area contributed by atoms with Crippen LogP contribution in [0.15, 0.2) is 17.7 Å². The zero-order valence-corrected chi connectivity index (χ0v) is 11.5. The van der Waals surface area contributed by atoms with Crippen LogP contribution in [0.4, 0.5) is 0 Å². The molecular formula is C14H17NO4. The maximum atomic E-state index is 8.99. The van der Waals surface area contributed by atoms with Gasteiger partial charge in [-0.25, -0.2) is 0 Å². The second kappa shape index (κ2) is 7.29. The first-order valence-electron chi connectivity index (χ1n) is 5.59. The summed E-state index contributed by atoms with van der Waals surface area (Å²) in [5.41, 5.74) is 1.29. The quantitative estimate of drug-likeness (QED) is 0.737. The molecule has 0 bridgehead atoms. The SMILES string of the molecule is COCC(C#N)=Cc1cc(OC)c(OC)c(OC)c1. The van der Waals surface area contributed by atoms with Gasteiger partial charge in [0.2, 0.25) is 5.75 Å². The molecule has 0 fully saturated rings. The lowest BCUT2D eigenvalue weighted by atomic mass is 10.1. The lowest BCUT2D eigenvalue weighted by Crippen LogP contribution is -1.96. The Morgan fingerprint density at radius 1 is 1.11 bits per heavy atom. The average Bonchev–Trinajstić information content (AvgIpc) is 2.45. The summed E-state index contributed by atoms with van der Waals surface area (Å²) in [6, 6.07) is 5.62. The molecule has 0 atom stereocenters. The number of benzene rings is 1. The minimum atomic E-state index is 0.257. The molecule has 0 saturated carbocycles. The third-order valence-corrected chi connectivity index (χ3v) is 2.47. The van der Waals surface area contributed by atoms with Gasteiger partial charge in [-0.15, -0.1) is 0 Å². The van der Waals surface area contributed by atoms with Crippen LogP contribution < -0.4 is 14.2 Å². The van der Waals surface area contributed by atoms with E-state index in [0.29, 0.717) is 22.8 Å². The van der Waals surface area contributed by atoms with Crippen LogP contribution in [0.25, 0.3) is 6.08 Å². The van der Waals surface area contributed by atoms with Crippen LogP contribution in [-0.2, 0) is 4.74 Å². The summed E-state index contributed by atoms with van der Waals surface area (Å²) in [6.45, 7) is 0.257. The first-order chi connectivity index (χ1) is 9.19. The Hall–Kier alpha value is -2.19. The Kier molecular flexibility index (Phi) is 5.71. The lowest BCUT2D eigenvalue weighted by Gasteiger charge is -2.13. The molecule has 0 N–H and O–H groups in total. The van der Waals surface area contributed by atoms with Crippen molar-refractivity contribution in [3.63, 3.8) is 0 Å².